The Morgan fingerprint density at radius 3 is 2.09 bits per heavy atom. The lowest BCUT2D eigenvalue weighted by atomic mass is 10.0. The van der Waals surface area contributed by atoms with E-state index in [-0.39, 0.29) is 23.9 Å². The summed E-state index contributed by atoms with van der Waals surface area (Å²) in [4.78, 5) is 13.3. The maximum Gasteiger partial charge on any atom is 0.243 e. The van der Waals surface area contributed by atoms with Gasteiger partial charge in [0, 0.05) is 16.7 Å². The number of hydrogen-bond donors (Lipinski definition) is 1. The lowest BCUT2D eigenvalue weighted by molar-refractivity contribution is -0.116. The molecule has 0 fully saturated rings. The molecule has 0 heterocycles. The summed E-state index contributed by atoms with van der Waals surface area (Å²) in [5.41, 5.74) is 4.78. The van der Waals surface area contributed by atoms with Gasteiger partial charge in [-0.25, -0.2) is 8.42 Å². The van der Waals surface area contributed by atoms with Crippen LogP contribution in [0.3, 0.4) is 0 Å². The maximum absolute atomic E-state index is 13.5. The van der Waals surface area contributed by atoms with Crippen molar-refractivity contribution < 1.29 is 13.2 Å². The molecule has 0 unspecified atom stereocenters. The quantitative estimate of drug-likeness (QED) is 0.354. The van der Waals surface area contributed by atoms with Gasteiger partial charge in [-0.15, -0.1) is 0 Å². The Balaban J connectivity index is 1.88. The lowest BCUT2D eigenvalue weighted by Crippen LogP contribution is -2.39. The lowest BCUT2D eigenvalue weighted by Gasteiger charge is -2.23. The molecule has 0 aliphatic heterocycles. The summed E-state index contributed by atoms with van der Waals surface area (Å²) in [6, 6.07) is 20.4. The van der Waals surface area contributed by atoms with Crippen LogP contribution in [0.5, 0.6) is 0 Å². The minimum atomic E-state index is -3.85. The Labute approximate surface area is 211 Å². The van der Waals surface area contributed by atoms with E-state index in [1.165, 1.54) is 4.31 Å². The highest BCUT2D eigenvalue weighted by atomic mass is 79.9. The average Bonchev–Trinajstić information content (AvgIpc) is 2.83. The summed E-state index contributed by atoms with van der Waals surface area (Å²) in [5, 5.41) is 3.00. The van der Waals surface area contributed by atoms with E-state index >= 15 is 0 Å². The largest absolute Gasteiger partial charge is 0.324 e. The molecule has 3 aromatic carbocycles. The van der Waals surface area contributed by atoms with E-state index in [4.69, 9.17) is 0 Å². The van der Waals surface area contributed by atoms with Crippen molar-refractivity contribution in [3.8, 4) is 0 Å². The summed E-state index contributed by atoms with van der Waals surface area (Å²) in [5.74, 6) is -0.351. The Hall–Kier alpha value is -2.48. The molecule has 1 N–H and O–H groups in total. The second kappa shape index (κ2) is 11.8. The van der Waals surface area contributed by atoms with Gasteiger partial charge in [0.05, 0.1) is 11.4 Å². The number of aryl methyl sites for hydroxylation is 3. The number of hydrogen-bond acceptors (Lipinski definition) is 3. The molecule has 3 rings (SSSR count). The molecule has 7 heteroatoms. The van der Waals surface area contributed by atoms with Gasteiger partial charge in [-0.1, -0.05) is 77.8 Å². The third-order valence-electron chi connectivity index (χ3n) is 5.76. The highest BCUT2D eigenvalue weighted by Gasteiger charge is 2.27. The van der Waals surface area contributed by atoms with Gasteiger partial charge < -0.3 is 5.32 Å². The van der Waals surface area contributed by atoms with E-state index in [9.17, 15) is 13.2 Å². The van der Waals surface area contributed by atoms with Crippen molar-refractivity contribution in [3.63, 3.8) is 0 Å². The van der Waals surface area contributed by atoms with E-state index < -0.39 is 10.0 Å². The van der Waals surface area contributed by atoms with Crippen LogP contribution < -0.4 is 5.32 Å². The van der Waals surface area contributed by atoms with Crippen molar-refractivity contribution in [2.45, 2.75) is 44.9 Å². The van der Waals surface area contributed by atoms with Gasteiger partial charge in [-0.2, -0.15) is 4.31 Å². The van der Waals surface area contributed by atoms with Crippen molar-refractivity contribution in [1.29, 1.82) is 0 Å². The molecule has 0 aliphatic carbocycles. The topological polar surface area (TPSA) is 66.5 Å². The number of nitrogens with one attached hydrogen (secondary N) is 1. The number of halogens is 1. The van der Waals surface area contributed by atoms with Crippen molar-refractivity contribution in [2.24, 2.45) is 0 Å². The fraction of sp³-hybridized carbons (Fsp3) is 0.296. The van der Waals surface area contributed by atoms with Crippen LogP contribution in [-0.4, -0.2) is 31.7 Å². The van der Waals surface area contributed by atoms with Crippen molar-refractivity contribution in [3.05, 3.63) is 93.5 Å². The van der Waals surface area contributed by atoms with Crippen molar-refractivity contribution in [1.82, 2.24) is 4.31 Å². The number of carbonyl (C=O) groups is 1. The van der Waals surface area contributed by atoms with Gasteiger partial charge >= 0.3 is 0 Å². The van der Waals surface area contributed by atoms with E-state index in [2.05, 4.69) is 21.2 Å². The van der Waals surface area contributed by atoms with E-state index in [1.807, 2.05) is 63.2 Å². The van der Waals surface area contributed by atoms with Gasteiger partial charge in [0.25, 0.3) is 0 Å². The molecule has 0 radical (unpaired) electrons. The van der Waals surface area contributed by atoms with Crippen LogP contribution in [0, 0.1) is 6.92 Å². The summed E-state index contributed by atoms with van der Waals surface area (Å²) < 4.78 is 29.2. The molecule has 34 heavy (non-hydrogen) atoms. The molecule has 5 nitrogen and oxygen atoms in total. The number of anilines is 1. The summed E-state index contributed by atoms with van der Waals surface area (Å²) >= 11 is 3.53. The molecule has 0 saturated carbocycles. The second-order valence-electron chi connectivity index (χ2n) is 8.24. The Bertz CT molecular complexity index is 1200. The van der Waals surface area contributed by atoms with E-state index in [0.717, 1.165) is 45.3 Å². The van der Waals surface area contributed by atoms with Crippen LogP contribution in [0.2, 0.25) is 0 Å². The van der Waals surface area contributed by atoms with Crippen molar-refractivity contribution >= 4 is 37.5 Å². The average molecular weight is 544 g/mol. The minimum absolute atomic E-state index is 0.186. The first-order valence-electron chi connectivity index (χ1n) is 11.5. The second-order valence-corrected chi connectivity index (χ2v) is 11.1. The van der Waals surface area contributed by atoms with E-state index in [0.29, 0.717) is 6.42 Å². The van der Waals surface area contributed by atoms with Gasteiger partial charge in [-0.05, 0) is 67.1 Å². The fourth-order valence-electron chi connectivity index (χ4n) is 3.82. The summed E-state index contributed by atoms with van der Waals surface area (Å²) in [7, 11) is -3.85. The first kappa shape index (κ1) is 26.1. The molecule has 0 spiro atoms. The summed E-state index contributed by atoms with van der Waals surface area (Å²) in [6.45, 7) is 5.92. The van der Waals surface area contributed by atoms with Gasteiger partial charge in [0.2, 0.25) is 15.9 Å². The standard InChI is InChI=1S/C27H31BrN2O3S/c1-4-22-17-24(28)18-23(5-2)27(22)29-26(31)19-30(16-15-21-9-7-6-8-10-21)34(32,33)25-13-11-20(3)12-14-25/h6-14,17-18H,4-5,15-16,19H2,1-3H3,(H,29,31). The number of sulfonamides is 1. The first-order valence-corrected chi connectivity index (χ1v) is 13.7. The zero-order valence-electron chi connectivity index (χ0n) is 19.8. The number of carbonyl (C=O) groups excluding carboxylic acids is 1. The van der Waals surface area contributed by atoms with Crippen LogP contribution in [0.25, 0.3) is 0 Å². The predicted octanol–water partition coefficient (Wildman–Crippen LogP) is 5.75. The SMILES string of the molecule is CCc1cc(Br)cc(CC)c1NC(=O)CN(CCc1ccccc1)S(=O)(=O)c1ccc(C)cc1. The highest BCUT2D eigenvalue weighted by molar-refractivity contribution is 9.10. The molecular weight excluding hydrogens is 512 g/mol. The van der Waals surface area contributed by atoms with Crippen LogP contribution in [-0.2, 0) is 34.1 Å². The molecule has 0 aromatic heterocycles. The Kier molecular flexibility index (Phi) is 9.05. The van der Waals surface area contributed by atoms with Crippen LogP contribution in [0.15, 0.2) is 76.1 Å². The van der Waals surface area contributed by atoms with Gasteiger partial charge in [0.1, 0.15) is 0 Å². The molecule has 3 aromatic rings. The zero-order valence-corrected chi connectivity index (χ0v) is 22.2. The monoisotopic (exact) mass is 542 g/mol. The molecule has 0 bridgehead atoms. The molecule has 0 aliphatic rings. The van der Waals surface area contributed by atoms with Crippen LogP contribution >= 0.6 is 15.9 Å². The van der Waals surface area contributed by atoms with E-state index in [1.54, 1.807) is 24.3 Å². The summed E-state index contributed by atoms with van der Waals surface area (Å²) in [6.07, 6.45) is 2.01. The fourth-order valence-corrected chi connectivity index (χ4v) is 5.77. The minimum Gasteiger partial charge on any atom is -0.324 e. The Morgan fingerprint density at radius 1 is 0.941 bits per heavy atom. The third kappa shape index (κ3) is 6.56. The van der Waals surface area contributed by atoms with Gasteiger partial charge in [-0.3, -0.25) is 4.79 Å². The molecule has 180 valence electrons. The smallest absolute Gasteiger partial charge is 0.243 e. The third-order valence-corrected chi connectivity index (χ3v) is 8.08. The molecule has 0 atom stereocenters. The Morgan fingerprint density at radius 2 is 1.53 bits per heavy atom. The highest BCUT2D eigenvalue weighted by Crippen LogP contribution is 2.28. The number of benzene rings is 3. The maximum atomic E-state index is 13.5. The normalized spacial score (nSPS) is 11.6. The van der Waals surface area contributed by atoms with Crippen LogP contribution in [0.1, 0.15) is 36.1 Å². The molecule has 0 saturated heterocycles. The van der Waals surface area contributed by atoms with Crippen molar-refractivity contribution in [2.75, 3.05) is 18.4 Å². The number of amides is 1. The molecular formula is C27H31BrN2O3S. The van der Waals surface area contributed by atoms with Crippen LogP contribution in [0.4, 0.5) is 5.69 Å². The predicted molar refractivity (Wildman–Crippen MR) is 142 cm³/mol. The zero-order chi connectivity index (χ0) is 24.7. The van der Waals surface area contributed by atoms with Gasteiger partial charge in [0.15, 0.2) is 0 Å². The number of rotatable bonds is 10. The molecule has 1 amide bonds. The number of nitrogens with zero attached hydrogens (tertiary/aromatic N) is 1. The first-order chi connectivity index (χ1) is 16.2.